The van der Waals surface area contributed by atoms with Gasteiger partial charge in [-0.15, -0.1) is 0 Å². The molecule has 2 aromatic carbocycles. The van der Waals surface area contributed by atoms with E-state index >= 15 is 0 Å². The minimum atomic E-state index is -0.657. The van der Waals surface area contributed by atoms with E-state index in [1.54, 1.807) is 55.1 Å². The summed E-state index contributed by atoms with van der Waals surface area (Å²) in [6.07, 6.45) is 6.61. The molecule has 0 radical (unpaired) electrons. The van der Waals surface area contributed by atoms with Gasteiger partial charge in [0, 0.05) is 29.8 Å². The van der Waals surface area contributed by atoms with E-state index in [1.807, 2.05) is 29.2 Å². The molecule has 4 aliphatic rings. The van der Waals surface area contributed by atoms with Crippen molar-refractivity contribution in [3.63, 3.8) is 0 Å². The number of hydrogen-bond donors (Lipinski definition) is 0. The van der Waals surface area contributed by atoms with Crippen LogP contribution in [0.2, 0.25) is 0 Å². The number of esters is 3. The monoisotopic (exact) mass is 580 g/mol. The Kier molecular flexibility index (Phi) is 7.71. The van der Waals surface area contributed by atoms with Gasteiger partial charge in [-0.25, -0.2) is 14.4 Å². The first-order valence-corrected chi connectivity index (χ1v) is 14.7. The van der Waals surface area contributed by atoms with Crippen LogP contribution in [0.3, 0.4) is 0 Å². The van der Waals surface area contributed by atoms with Crippen LogP contribution < -0.4 is 0 Å². The van der Waals surface area contributed by atoms with Crippen molar-refractivity contribution in [2.75, 3.05) is 26.3 Å². The molecule has 43 heavy (non-hydrogen) atoms. The number of carbonyl (C=O) groups excluding carboxylic acids is 4. The Morgan fingerprint density at radius 2 is 1.42 bits per heavy atom. The highest BCUT2D eigenvalue weighted by Gasteiger charge is 2.41. The molecule has 6 rings (SSSR count). The van der Waals surface area contributed by atoms with Crippen molar-refractivity contribution in [1.82, 2.24) is 9.80 Å². The molecule has 0 aliphatic carbocycles. The number of hydrogen-bond acceptors (Lipinski definition) is 8. The normalized spacial score (nSPS) is 18.9. The summed E-state index contributed by atoms with van der Waals surface area (Å²) in [5, 5.41) is 0. The Morgan fingerprint density at radius 1 is 0.791 bits per heavy atom. The van der Waals surface area contributed by atoms with Crippen LogP contribution in [0, 0.1) is 0 Å². The molecule has 0 spiro atoms. The average Bonchev–Trinajstić information content (AvgIpc) is 3.30. The van der Waals surface area contributed by atoms with Crippen molar-refractivity contribution in [3.8, 4) is 0 Å². The second kappa shape index (κ2) is 11.8. The highest BCUT2D eigenvalue weighted by Crippen LogP contribution is 2.44. The van der Waals surface area contributed by atoms with Crippen molar-refractivity contribution in [2.45, 2.75) is 39.5 Å². The Balaban J connectivity index is 1.65. The van der Waals surface area contributed by atoms with Gasteiger partial charge < -0.3 is 24.0 Å². The molecule has 0 atom stereocenters. The second-order valence-corrected chi connectivity index (χ2v) is 10.4. The number of fused-ring (bicyclic) bond motifs is 3. The number of ether oxygens (including phenoxy) is 3. The van der Waals surface area contributed by atoms with Gasteiger partial charge in [0.25, 0.3) is 5.91 Å². The summed E-state index contributed by atoms with van der Waals surface area (Å²) in [6, 6.07) is 14.1. The third-order valence-corrected chi connectivity index (χ3v) is 7.88. The van der Waals surface area contributed by atoms with Crippen LogP contribution in [0.1, 0.15) is 71.4 Å². The number of amides is 1. The van der Waals surface area contributed by atoms with Crippen molar-refractivity contribution >= 4 is 35.3 Å². The van der Waals surface area contributed by atoms with Crippen LogP contribution in [0.4, 0.5) is 0 Å². The first-order valence-electron chi connectivity index (χ1n) is 14.7. The predicted octanol–water partition coefficient (Wildman–Crippen LogP) is 5.22. The number of cyclic esters (lactones) is 1. The molecule has 4 aliphatic heterocycles. The highest BCUT2D eigenvalue weighted by atomic mass is 16.6. The highest BCUT2D eigenvalue weighted by molar-refractivity contribution is 6.12. The Hall–Kier alpha value is -4.92. The largest absolute Gasteiger partial charge is 0.462 e. The average molecular weight is 581 g/mol. The molecular weight excluding hydrogens is 548 g/mol. The lowest BCUT2D eigenvalue weighted by Gasteiger charge is -2.35. The lowest BCUT2D eigenvalue weighted by Crippen LogP contribution is -2.35. The number of carbonyl (C=O) groups is 4. The van der Waals surface area contributed by atoms with E-state index in [0.29, 0.717) is 71.7 Å². The molecule has 0 N–H and O–H groups in total. The number of benzene rings is 2. The van der Waals surface area contributed by atoms with Gasteiger partial charge in [-0.1, -0.05) is 48.6 Å². The summed E-state index contributed by atoms with van der Waals surface area (Å²) in [6.45, 7) is 4.58. The van der Waals surface area contributed by atoms with Crippen molar-refractivity contribution in [3.05, 3.63) is 105 Å². The molecular formula is C34H32N2O7. The van der Waals surface area contributed by atoms with E-state index in [2.05, 4.69) is 0 Å². The Labute approximate surface area is 249 Å². The molecule has 0 aromatic heterocycles. The van der Waals surface area contributed by atoms with Crippen LogP contribution >= 0.6 is 0 Å². The maximum atomic E-state index is 13.9. The zero-order valence-corrected chi connectivity index (χ0v) is 24.2. The maximum absolute atomic E-state index is 13.9. The van der Waals surface area contributed by atoms with E-state index in [1.165, 1.54) is 0 Å². The van der Waals surface area contributed by atoms with Crippen molar-refractivity contribution < 1.29 is 33.4 Å². The molecule has 1 amide bonds. The fourth-order valence-corrected chi connectivity index (χ4v) is 6.08. The molecule has 4 heterocycles. The summed E-state index contributed by atoms with van der Waals surface area (Å²) in [7, 11) is 0. The zero-order chi connectivity index (χ0) is 30.1. The first-order chi connectivity index (χ1) is 21.0. The Bertz CT molecular complexity index is 1660. The molecule has 0 unspecified atom stereocenters. The van der Waals surface area contributed by atoms with Crippen LogP contribution in [0.25, 0.3) is 11.5 Å². The molecule has 9 nitrogen and oxygen atoms in total. The fourth-order valence-electron chi connectivity index (χ4n) is 6.08. The van der Waals surface area contributed by atoms with E-state index in [9.17, 15) is 19.2 Å². The lowest BCUT2D eigenvalue weighted by molar-refractivity contribution is -0.139. The first kappa shape index (κ1) is 28.2. The molecule has 0 fully saturated rings. The molecule has 0 bridgehead atoms. The third kappa shape index (κ3) is 4.84. The summed E-state index contributed by atoms with van der Waals surface area (Å²) < 4.78 is 16.9. The zero-order valence-electron chi connectivity index (χ0n) is 24.2. The number of rotatable bonds is 6. The van der Waals surface area contributed by atoms with Gasteiger partial charge in [-0.2, -0.15) is 0 Å². The SMILES string of the molecule is CCOC(=O)C1=C(N2CCCC=C2/C(C(=O)OCC)=C2/OC(=O)c3ccccc32)c2ccccc2C(=O)N2CCCC=C12. The summed E-state index contributed by atoms with van der Waals surface area (Å²) >= 11 is 0. The summed E-state index contributed by atoms with van der Waals surface area (Å²) in [5.41, 5.74) is 3.56. The molecule has 2 aromatic rings. The standard InChI is InChI=1S/C34H32N2O7/c1-3-41-33(39)27-25-17-10-12-20-36(25)31(37)23-15-7-5-13-21(23)29(27)35-19-11-9-18-26(35)28(34(40)42-4-2)30-22-14-6-8-16-24(22)32(38)43-30/h5-8,13-18H,3-4,9-12,19-20H2,1-2H3/b30-28-. The topological polar surface area (TPSA) is 102 Å². The van der Waals surface area contributed by atoms with E-state index < -0.39 is 17.9 Å². The summed E-state index contributed by atoms with van der Waals surface area (Å²) in [4.78, 5) is 58.0. The van der Waals surface area contributed by atoms with Gasteiger partial charge in [-0.3, -0.25) is 4.79 Å². The van der Waals surface area contributed by atoms with Crippen LogP contribution in [0.5, 0.6) is 0 Å². The summed E-state index contributed by atoms with van der Waals surface area (Å²) in [5.74, 6) is -1.88. The predicted molar refractivity (Wildman–Crippen MR) is 158 cm³/mol. The van der Waals surface area contributed by atoms with Crippen LogP contribution in [-0.2, 0) is 23.8 Å². The fraction of sp³-hybridized carbons (Fsp3) is 0.294. The van der Waals surface area contributed by atoms with E-state index in [4.69, 9.17) is 14.2 Å². The minimum Gasteiger partial charge on any atom is -0.462 e. The van der Waals surface area contributed by atoms with Gasteiger partial charge in [0.05, 0.1) is 35.9 Å². The van der Waals surface area contributed by atoms with Gasteiger partial charge in [0.2, 0.25) is 0 Å². The van der Waals surface area contributed by atoms with Gasteiger partial charge in [-0.05, 0) is 51.7 Å². The molecule has 9 heteroatoms. The smallest absolute Gasteiger partial charge is 0.344 e. The van der Waals surface area contributed by atoms with Crippen molar-refractivity contribution in [2.24, 2.45) is 0 Å². The lowest BCUT2D eigenvalue weighted by atomic mass is 9.94. The van der Waals surface area contributed by atoms with E-state index in [-0.39, 0.29) is 36.0 Å². The maximum Gasteiger partial charge on any atom is 0.344 e. The molecule has 220 valence electrons. The third-order valence-electron chi connectivity index (χ3n) is 7.88. The number of allylic oxidation sites excluding steroid dienone is 2. The van der Waals surface area contributed by atoms with Gasteiger partial charge in [0.1, 0.15) is 11.1 Å². The minimum absolute atomic E-state index is 0.0816. The molecule has 0 saturated heterocycles. The van der Waals surface area contributed by atoms with Gasteiger partial charge in [0.15, 0.2) is 5.76 Å². The van der Waals surface area contributed by atoms with Crippen LogP contribution in [-0.4, -0.2) is 59.9 Å². The van der Waals surface area contributed by atoms with Gasteiger partial charge >= 0.3 is 17.9 Å². The molecule has 0 saturated carbocycles. The Morgan fingerprint density at radius 3 is 2.14 bits per heavy atom. The van der Waals surface area contributed by atoms with Crippen LogP contribution in [0.15, 0.2) is 83.2 Å². The van der Waals surface area contributed by atoms with Crippen molar-refractivity contribution in [1.29, 1.82) is 0 Å². The number of nitrogens with zero attached hydrogens (tertiary/aromatic N) is 2. The second-order valence-electron chi connectivity index (χ2n) is 10.4. The quantitative estimate of drug-likeness (QED) is 0.260. The van der Waals surface area contributed by atoms with E-state index in [0.717, 1.165) is 6.42 Å².